The van der Waals surface area contributed by atoms with E-state index in [1.54, 1.807) is 18.2 Å². The Morgan fingerprint density at radius 1 is 1.26 bits per heavy atom. The zero-order chi connectivity index (χ0) is 16.4. The van der Waals surface area contributed by atoms with Crippen molar-refractivity contribution in [1.29, 1.82) is 0 Å². The Labute approximate surface area is 131 Å². The standard InChI is InChI=1S/C16H15FN4O2/c1-20-15-10-11(17)2-7-14(15)19-16(20)8-9-18-12-3-5-13(6-4-12)21(22)23/h2-7,10,18H,8-9H2,1H3. The second-order valence-corrected chi connectivity index (χ2v) is 5.20. The van der Waals surface area contributed by atoms with Crippen LogP contribution >= 0.6 is 0 Å². The maximum absolute atomic E-state index is 13.3. The quantitative estimate of drug-likeness (QED) is 0.579. The molecular weight excluding hydrogens is 299 g/mol. The highest BCUT2D eigenvalue weighted by molar-refractivity contribution is 5.76. The van der Waals surface area contributed by atoms with E-state index in [2.05, 4.69) is 10.3 Å². The maximum Gasteiger partial charge on any atom is 0.269 e. The van der Waals surface area contributed by atoms with Crippen molar-refractivity contribution in [3.05, 3.63) is 64.2 Å². The predicted molar refractivity (Wildman–Crippen MR) is 86.0 cm³/mol. The average Bonchev–Trinajstić information content (AvgIpc) is 2.84. The molecule has 0 fully saturated rings. The fraction of sp³-hybridized carbons (Fsp3) is 0.188. The molecule has 6 nitrogen and oxygen atoms in total. The first-order chi connectivity index (χ1) is 11.0. The van der Waals surface area contributed by atoms with Crippen LogP contribution in [0, 0.1) is 15.9 Å². The van der Waals surface area contributed by atoms with Crippen molar-refractivity contribution >= 4 is 22.4 Å². The zero-order valence-corrected chi connectivity index (χ0v) is 12.5. The highest BCUT2D eigenvalue weighted by Crippen LogP contribution is 2.18. The van der Waals surface area contributed by atoms with E-state index in [9.17, 15) is 14.5 Å². The molecule has 0 aliphatic rings. The lowest BCUT2D eigenvalue weighted by Crippen LogP contribution is -2.08. The minimum Gasteiger partial charge on any atom is -0.385 e. The van der Waals surface area contributed by atoms with E-state index < -0.39 is 4.92 Å². The topological polar surface area (TPSA) is 73.0 Å². The monoisotopic (exact) mass is 314 g/mol. The van der Waals surface area contributed by atoms with E-state index in [1.807, 2.05) is 11.6 Å². The van der Waals surface area contributed by atoms with Crippen molar-refractivity contribution in [3.8, 4) is 0 Å². The largest absolute Gasteiger partial charge is 0.385 e. The van der Waals surface area contributed by atoms with Crippen molar-refractivity contribution in [2.24, 2.45) is 7.05 Å². The summed E-state index contributed by atoms with van der Waals surface area (Å²) in [6, 6.07) is 10.8. The molecule has 1 N–H and O–H groups in total. The number of aryl methyl sites for hydroxylation is 1. The summed E-state index contributed by atoms with van der Waals surface area (Å²) in [6.45, 7) is 0.622. The third kappa shape index (κ3) is 3.13. The van der Waals surface area contributed by atoms with Gasteiger partial charge in [-0.2, -0.15) is 0 Å². The first kappa shape index (κ1) is 15.0. The number of halogens is 1. The molecule has 0 aliphatic heterocycles. The summed E-state index contributed by atoms with van der Waals surface area (Å²) in [5, 5.41) is 13.8. The summed E-state index contributed by atoms with van der Waals surface area (Å²) < 4.78 is 15.2. The number of anilines is 1. The normalized spacial score (nSPS) is 10.9. The number of rotatable bonds is 5. The fourth-order valence-corrected chi connectivity index (χ4v) is 2.46. The molecule has 0 bridgehead atoms. The second kappa shape index (κ2) is 6.04. The van der Waals surface area contributed by atoms with Crippen molar-refractivity contribution in [2.75, 3.05) is 11.9 Å². The van der Waals surface area contributed by atoms with Gasteiger partial charge < -0.3 is 9.88 Å². The fourth-order valence-electron chi connectivity index (χ4n) is 2.46. The number of non-ortho nitro benzene ring substituents is 1. The summed E-state index contributed by atoms with van der Waals surface area (Å²) in [5.41, 5.74) is 2.39. The number of hydrogen-bond donors (Lipinski definition) is 1. The van der Waals surface area contributed by atoms with Crippen LogP contribution in [0.4, 0.5) is 15.8 Å². The summed E-state index contributed by atoms with van der Waals surface area (Å²) in [6.07, 6.45) is 0.657. The molecule has 7 heteroatoms. The maximum atomic E-state index is 13.3. The highest BCUT2D eigenvalue weighted by Gasteiger charge is 2.08. The molecule has 3 rings (SSSR count). The third-order valence-electron chi connectivity index (χ3n) is 3.69. The third-order valence-corrected chi connectivity index (χ3v) is 3.69. The van der Waals surface area contributed by atoms with E-state index in [0.29, 0.717) is 13.0 Å². The van der Waals surface area contributed by atoms with Gasteiger partial charge in [0.15, 0.2) is 0 Å². The minimum absolute atomic E-state index is 0.0629. The molecule has 0 aliphatic carbocycles. The van der Waals surface area contributed by atoms with Crippen LogP contribution in [0.1, 0.15) is 5.82 Å². The number of hydrogen-bond acceptors (Lipinski definition) is 4. The molecule has 0 unspecified atom stereocenters. The van der Waals surface area contributed by atoms with Crippen molar-refractivity contribution < 1.29 is 9.31 Å². The molecule has 0 amide bonds. The molecule has 0 atom stereocenters. The van der Waals surface area contributed by atoms with E-state index in [4.69, 9.17) is 0 Å². The number of benzene rings is 2. The second-order valence-electron chi connectivity index (χ2n) is 5.20. The van der Waals surface area contributed by atoms with Crippen LogP contribution in [0.2, 0.25) is 0 Å². The lowest BCUT2D eigenvalue weighted by molar-refractivity contribution is -0.384. The van der Waals surface area contributed by atoms with Crippen LogP contribution in [-0.2, 0) is 13.5 Å². The van der Waals surface area contributed by atoms with Gasteiger partial charge in [-0.15, -0.1) is 0 Å². The molecule has 0 saturated carbocycles. The summed E-state index contributed by atoms with van der Waals surface area (Å²) in [7, 11) is 1.86. The van der Waals surface area contributed by atoms with Crippen molar-refractivity contribution in [1.82, 2.24) is 9.55 Å². The van der Waals surface area contributed by atoms with Gasteiger partial charge in [0, 0.05) is 37.8 Å². The summed E-state index contributed by atoms with van der Waals surface area (Å²) in [4.78, 5) is 14.7. The van der Waals surface area contributed by atoms with E-state index in [-0.39, 0.29) is 11.5 Å². The van der Waals surface area contributed by atoms with Gasteiger partial charge in [-0.1, -0.05) is 0 Å². The number of nitrogens with zero attached hydrogens (tertiary/aromatic N) is 3. The number of nitrogens with one attached hydrogen (secondary N) is 1. The van der Waals surface area contributed by atoms with Gasteiger partial charge >= 0.3 is 0 Å². The summed E-state index contributed by atoms with van der Waals surface area (Å²) in [5.74, 6) is 0.566. The Morgan fingerprint density at radius 2 is 2.00 bits per heavy atom. The van der Waals surface area contributed by atoms with E-state index >= 15 is 0 Å². The molecule has 1 heterocycles. The predicted octanol–water partition coefficient (Wildman–Crippen LogP) is 3.28. The molecule has 0 spiro atoms. The summed E-state index contributed by atoms with van der Waals surface area (Å²) >= 11 is 0. The van der Waals surface area contributed by atoms with Crippen LogP contribution in [0.5, 0.6) is 0 Å². The van der Waals surface area contributed by atoms with Gasteiger partial charge in [-0.05, 0) is 30.3 Å². The molecule has 1 aromatic heterocycles. The van der Waals surface area contributed by atoms with Crippen LogP contribution in [0.15, 0.2) is 42.5 Å². The van der Waals surface area contributed by atoms with Gasteiger partial charge in [0.05, 0.1) is 16.0 Å². The molecule has 0 saturated heterocycles. The van der Waals surface area contributed by atoms with Gasteiger partial charge in [-0.25, -0.2) is 9.37 Å². The van der Waals surface area contributed by atoms with Crippen LogP contribution in [-0.4, -0.2) is 21.0 Å². The Hall–Kier alpha value is -2.96. The highest BCUT2D eigenvalue weighted by atomic mass is 19.1. The number of aromatic nitrogens is 2. The van der Waals surface area contributed by atoms with E-state index in [1.165, 1.54) is 24.3 Å². The molecule has 118 valence electrons. The van der Waals surface area contributed by atoms with Crippen LogP contribution < -0.4 is 5.32 Å². The molecule has 0 radical (unpaired) electrons. The number of nitro benzene ring substituents is 1. The van der Waals surface area contributed by atoms with E-state index in [0.717, 1.165) is 22.5 Å². The minimum atomic E-state index is -0.428. The van der Waals surface area contributed by atoms with Crippen molar-refractivity contribution in [2.45, 2.75) is 6.42 Å². The molecule has 3 aromatic rings. The van der Waals surface area contributed by atoms with Crippen LogP contribution in [0.3, 0.4) is 0 Å². The number of imidazole rings is 1. The Balaban J connectivity index is 1.66. The smallest absolute Gasteiger partial charge is 0.269 e. The number of nitro groups is 1. The van der Waals surface area contributed by atoms with Gasteiger partial charge in [0.25, 0.3) is 5.69 Å². The number of fused-ring (bicyclic) bond motifs is 1. The van der Waals surface area contributed by atoms with Crippen LogP contribution in [0.25, 0.3) is 11.0 Å². The Kier molecular flexibility index (Phi) is 3.92. The SMILES string of the molecule is Cn1c(CCNc2ccc([N+](=O)[O-])cc2)nc2ccc(F)cc21. The first-order valence-electron chi connectivity index (χ1n) is 7.14. The average molecular weight is 314 g/mol. The van der Waals surface area contributed by atoms with Gasteiger partial charge in [0.2, 0.25) is 0 Å². The molecule has 2 aromatic carbocycles. The first-order valence-corrected chi connectivity index (χ1v) is 7.14. The van der Waals surface area contributed by atoms with Gasteiger partial charge in [-0.3, -0.25) is 10.1 Å². The zero-order valence-electron chi connectivity index (χ0n) is 12.5. The Morgan fingerprint density at radius 3 is 2.70 bits per heavy atom. The molecule has 23 heavy (non-hydrogen) atoms. The van der Waals surface area contributed by atoms with Gasteiger partial charge in [0.1, 0.15) is 11.6 Å². The molecular formula is C16H15FN4O2. The lowest BCUT2D eigenvalue weighted by atomic mass is 10.3. The Bertz CT molecular complexity index is 858. The lowest BCUT2D eigenvalue weighted by Gasteiger charge is -2.06. The van der Waals surface area contributed by atoms with Crippen molar-refractivity contribution in [3.63, 3.8) is 0 Å².